The number of esters is 2. The van der Waals surface area contributed by atoms with Crippen LogP contribution in [0.4, 0.5) is 0 Å². The lowest BCUT2D eigenvalue weighted by Gasteiger charge is -2.33. The molecule has 0 aromatic carbocycles. The molecule has 2 aliphatic heterocycles. The first kappa shape index (κ1) is 32.7. The van der Waals surface area contributed by atoms with Gasteiger partial charge in [0, 0.05) is 18.8 Å². The average Bonchev–Trinajstić information content (AvgIpc) is 3.60. The summed E-state index contributed by atoms with van der Waals surface area (Å²) in [5, 5.41) is 31.4. The molecule has 0 aromatic heterocycles. The summed E-state index contributed by atoms with van der Waals surface area (Å²) in [6.07, 6.45) is 6.18. The summed E-state index contributed by atoms with van der Waals surface area (Å²) in [6, 6.07) is 0. The van der Waals surface area contributed by atoms with Gasteiger partial charge >= 0.3 is 11.9 Å². The van der Waals surface area contributed by atoms with E-state index in [-0.39, 0.29) is 55.3 Å². The SMILES string of the molecule is CCC(O)C(C)C1OC1CC(C)CCCC(C)C1OC(=O)CC(O)CCC(C)(O)C(OC(C)=O)/C=C/C1C. The highest BCUT2D eigenvalue weighted by Crippen LogP contribution is 2.37. The molecule has 1 saturated heterocycles. The van der Waals surface area contributed by atoms with Crippen molar-refractivity contribution in [1.82, 2.24) is 0 Å². The number of aliphatic hydroxyl groups excluding tert-OH is 2. The zero-order valence-electron chi connectivity index (χ0n) is 24.5. The van der Waals surface area contributed by atoms with Crippen molar-refractivity contribution in [2.45, 2.75) is 142 Å². The van der Waals surface area contributed by atoms with E-state index in [9.17, 15) is 24.9 Å². The molecular formula is C30H52O8. The monoisotopic (exact) mass is 540 g/mol. The molecule has 0 aromatic rings. The quantitative estimate of drug-likeness (QED) is 0.201. The van der Waals surface area contributed by atoms with Crippen molar-refractivity contribution in [1.29, 1.82) is 0 Å². The summed E-state index contributed by atoms with van der Waals surface area (Å²) in [6.45, 7) is 13.2. The van der Waals surface area contributed by atoms with Gasteiger partial charge in [-0.05, 0) is 56.9 Å². The van der Waals surface area contributed by atoms with Crippen LogP contribution in [0.5, 0.6) is 0 Å². The fraction of sp³-hybridized carbons (Fsp3) is 0.867. The minimum absolute atomic E-state index is 0.0724. The summed E-state index contributed by atoms with van der Waals surface area (Å²) in [5.41, 5.74) is -1.38. The average molecular weight is 541 g/mol. The van der Waals surface area contributed by atoms with Crippen molar-refractivity contribution < 1.29 is 39.1 Å². The van der Waals surface area contributed by atoms with Crippen LogP contribution in [0.25, 0.3) is 0 Å². The van der Waals surface area contributed by atoms with Gasteiger partial charge in [-0.1, -0.05) is 53.5 Å². The minimum atomic E-state index is -1.38. The molecule has 0 bridgehead atoms. The minimum Gasteiger partial charge on any atom is -0.461 e. The summed E-state index contributed by atoms with van der Waals surface area (Å²) >= 11 is 0. The van der Waals surface area contributed by atoms with E-state index in [2.05, 4.69) is 20.8 Å². The number of hydrogen-bond acceptors (Lipinski definition) is 8. The second kappa shape index (κ2) is 14.8. The normalized spacial score (nSPS) is 36.5. The van der Waals surface area contributed by atoms with Gasteiger partial charge in [0.2, 0.25) is 0 Å². The molecule has 0 radical (unpaired) electrons. The Morgan fingerprint density at radius 1 is 1.21 bits per heavy atom. The van der Waals surface area contributed by atoms with Gasteiger partial charge in [-0.15, -0.1) is 0 Å². The van der Waals surface area contributed by atoms with Crippen LogP contribution in [-0.4, -0.2) is 69.5 Å². The molecule has 0 spiro atoms. The van der Waals surface area contributed by atoms with Gasteiger partial charge in [-0.3, -0.25) is 9.59 Å². The van der Waals surface area contributed by atoms with Crippen molar-refractivity contribution >= 4 is 11.9 Å². The van der Waals surface area contributed by atoms with Gasteiger partial charge in [0.05, 0.1) is 30.8 Å². The number of aliphatic hydroxyl groups is 3. The third-order valence-electron chi connectivity index (χ3n) is 8.38. The molecule has 11 unspecified atom stereocenters. The first-order valence-electron chi connectivity index (χ1n) is 14.5. The Hall–Kier alpha value is -1.48. The smallest absolute Gasteiger partial charge is 0.308 e. The van der Waals surface area contributed by atoms with Crippen LogP contribution in [0, 0.1) is 23.7 Å². The maximum absolute atomic E-state index is 12.6. The highest BCUT2D eigenvalue weighted by atomic mass is 16.6. The second-order valence-corrected chi connectivity index (χ2v) is 12.2. The fourth-order valence-corrected chi connectivity index (χ4v) is 5.64. The van der Waals surface area contributed by atoms with Crippen molar-refractivity contribution in [2.75, 3.05) is 0 Å². The van der Waals surface area contributed by atoms with Crippen LogP contribution in [0.1, 0.15) is 99.8 Å². The van der Waals surface area contributed by atoms with E-state index in [1.165, 1.54) is 6.92 Å². The number of epoxide rings is 1. The number of cyclic esters (lactones) is 1. The zero-order valence-corrected chi connectivity index (χ0v) is 24.5. The third kappa shape index (κ3) is 10.2. The van der Waals surface area contributed by atoms with E-state index in [0.29, 0.717) is 5.92 Å². The zero-order chi connectivity index (χ0) is 28.6. The Labute approximate surface area is 229 Å². The van der Waals surface area contributed by atoms with E-state index in [0.717, 1.165) is 32.1 Å². The number of hydrogen-bond donors (Lipinski definition) is 3. The summed E-state index contributed by atoms with van der Waals surface area (Å²) in [5.74, 6) is -0.400. The Morgan fingerprint density at radius 3 is 2.53 bits per heavy atom. The maximum atomic E-state index is 12.6. The predicted octanol–water partition coefficient (Wildman–Crippen LogP) is 4.33. The third-order valence-corrected chi connectivity index (χ3v) is 8.38. The first-order chi connectivity index (χ1) is 17.7. The van der Waals surface area contributed by atoms with Crippen LogP contribution in [0.2, 0.25) is 0 Å². The van der Waals surface area contributed by atoms with Gasteiger partial charge in [-0.2, -0.15) is 0 Å². The highest BCUT2D eigenvalue weighted by Gasteiger charge is 2.45. The van der Waals surface area contributed by atoms with Gasteiger partial charge in [0.25, 0.3) is 0 Å². The Morgan fingerprint density at radius 2 is 1.89 bits per heavy atom. The molecule has 0 saturated carbocycles. The van der Waals surface area contributed by atoms with Crippen LogP contribution in [-0.2, 0) is 23.8 Å². The van der Waals surface area contributed by atoms with Gasteiger partial charge < -0.3 is 29.5 Å². The molecule has 220 valence electrons. The fourth-order valence-electron chi connectivity index (χ4n) is 5.64. The lowest BCUT2D eigenvalue weighted by atomic mass is 9.85. The standard InChI is InChI=1S/C30H52O8/c1-8-24(33)21(5)29-25(37-29)16-18(2)10-9-11-19(3)28-20(4)12-13-26(36-22(6)31)30(7,35)15-14-23(32)17-27(34)38-28/h12-13,18-21,23-26,28-29,32-33,35H,8-11,14-17H2,1-7H3/b13-12+. The Kier molecular flexibility index (Phi) is 12.7. The molecule has 38 heavy (non-hydrogen) atoms. The topological polar surface area (TPSA) is 126 Å². The van der Waals surface area contributed by atoms with E-state index < -0.39 is 35.9 Å². The van der Waals surface area contributed by atoms with Gasteiger partial charge in [0.1, 0.15) is 17.8 Å². The van der Waals surface area contributed by atoms with Crippen molar-refractivity contribution in [3.63, 3.8) is 0 Å². The molecule has 8 heteroatoms. The molecule has 0 aliphatic carbocycles. The van der Waals surface area contributed by atoms with Crippen molar-refractivity contribution in [2.24, 2.45) is 23.7 Å². The summed E-state index contributed by atoms with van der Waals surface area (Å²) in [7, 11) is 0. The maximum Gasteiger partial charge on any atom is 0.308 e. The summed E-state index contributed by atoms with van der Waals surface area (Å²) < 4.78 is 17.1. The Bertz CT molecular complexity index is 780. The Balaban J connectivity index is 1.98. The molecule has 2 aliphatic rings. The van der Waals surface area contributed by atoms with Crippen molar-refractivity contribution in [3.8, 4) is 0 Å². The number of ether oxygens (including phenoxy) is 3. The predicted molar refractivity (Wildman–Crippen MR) is 145 cm³/mol. The molecule has 2 heterocycles. The van der Waals surface area contributed by atoms with Crippen LogP contribution < -0.4 is 0 Å². The van der Waals surface area contributed by atoms with E-state index in [1.807, 2.05) is 19.9 Å². The van der Waals surface area contributed by atoms with Crippen LogP contribution >= 0.6 is 0 Å². The number of carbonyl (C=O) groups excluding carboxylic acids is 2. The molecule has 2 rings (SSSR count). The van der Waals surface area contributed by atoms with Crippen LogP contribution in [0.15, 0.2) is 12.2 Å². The van der Waals surface area contributed by atoms with Crippen LogP contribution in [0.3, 0.4) is 0 Å². The molecule has 1 fully saturated rings. The molecule has 3 N–H and O–H groups in total. The highest BCUT2D eigenvalue weighted by molar-refractivity contribution is 5.70. The van der Waals surface area contributed by atoms with E-state index in [1.54, 1.807) is 13.0 Å². The summed E-state index contributed by atoms with van der Waals surface area (Å²) in [4.78, 5) is 24.3. The molecule has 8 nitrogen and oxygen atoms in total. The van der Waals surface area contributed by atoms with E-state index in [4.69, 9.17) is 14.2 Å². The first-order valence-corrected chi connectivity index (χ1v) is 14.5. The molecular weight excluding hydrogens is 488 g/mol. The van der Waals surface area contributed by atoms with Gasteiger partial charge in [0.15, 0.2) is 0 Å². The largest absolute Gasteiger partial charge is 0.461 e. The molecule has 11 atom stereocenters. The second-order valence-electron chi connectivity index (χ2n) is 12.2. The van der Waals surface area contributed by atoms with Gasteiger partial charge in [-0.25, -0.2) is 0 Å². The number of rotatable bonds is 11. The lowest BCUT2D eigenvalue weighted by molar-refractivity contribution is -0.158. The lowest BCUT2D eigenvalue weighted by Crippen LogP contribution is -2.42. The number of carbonyl (C=O) groups is 2. The molecule has 0 amide bonds. The van der Waals surface area contributed by atoms with Crippen molar-refractivity contribution in [3.05, 3.63) is 12.2 Å². The van der Waals surface area contributed by atoms with E-state index >= 15 is 0 Å².